The normalized spacial score (nSPS) is 19.1. The Labute approximate surface area is 97.8 Å². The lowest BCUT2D eigenvalue weighted by molar-refractivity contribution is 0.253. The molecular formula is C11H13BrClN. The van der Waals surface area contributed by atoms with Crippen LogP contribution in [0.1, 0.15) is 24.8 Å². The zero-order chi connectivity index (χ0) is 10.2. The van der Waals surface area contributed by atoms with E-state index >= 15 is 0 Å². The van der Waals surface area contributed by atoms with Crippen molar-refractivity contribution < 1.29 is 0 Å². The number of nitrogens with two attached hydrogens (primary N) is 1. The van der Waals surface area contributed by atoms with E-state index in [0.717, 1.165) is 16.0 Å². The van der Waals surface area contributed by atoms with Gasteiger partial charge in [-0.25, -0.2) is 0 Å². The van der Waals surface area contributed by atoms with Gasteiger partial charge < -0.3 is 5.73 Å². The van der Waals surface area contributed by atoms with E-state index in [1.165, 1.54) is 24.8 Å². The standard InChI is InChI=1S/C11H13BrClN/c12-9-3-2-8(6-10(9)13)11(7-14)4-1-5-11/h2-3,6H,1,4-5,7,14H2. The Morgan fingerprint density at radius 3 is 2.57 bits per heavy atom. The van der Waals surface area contributed by atoms with Crippen molar-refractivity contribution in [3.63, 3.8) is 0 Å². The molecule has 0 aromatic heterocycles. The van der Waals surface area contributed by atoms with Crippen molar-refractivity contribution in [3.8, 4) is 0 Å². The summed E-state index contributed by atoms with van der Waals surface area (Å²) in [5, 5.41) is 0.780. The first-order valence-electron chi connectivity index (χ1n) is 4.83. The van der Waals surface area contributed by atoms with Gasteiger partial charge in [-0.1, -0.05) is 24.1 Å². The fraction of sp³-hybridized carbons (Fsp3) is 0.455. The lowest BCUT2D eigenvalue weighted by atomic mass is 9.64. The van der Waals surface area contributed by atoms with Gasteiger partial charge in [0.15, 0.2) is 0 Å². The van der Waals surface area contributed by atoms with Crippen molar-refractivity contribution in [3.05, 3.63) is 33.3 Å². The van der Waals surface area contributed by atoms with Gasteiger partial charge >= 0.3 is 0 Å². The Bertz CT molecular complexity index is 342. The molecule has 1 aromatic rings. The highest BCUT2D eigenvalue weighted by atomic mass is 79.9. The van der Waals surface area contributed by atoms with E-state index in [4.69, 9.17) is 17.3 Å². The zero-order valence-corrected chi connectivity index (χ0v) is 10.2. The highest BCUT2D eigenvalue weighted by molar-refractivity contribution is 9.10. The fourth-order valence-electron chi connectivity index (χ4n) is 2.04. The summed E-state index contributed by atoms with van der Waals surface area (Å²) in [6, 6.07) is 6.17. The van der Waals surface area contributed by atoms with Crippen LogP contribution in [0, 0.1) is 0 Å². The average Bonchev–Trinajstić information content (AvgIpc) is 2.10. The first-order chi connectivity index (χ1) is 6.68. The van der Waals surface area contributed by atoms with E-state index in [0.29, 0.717) is 0 Å². The molecule has 76 valence electrons. The molecule has 0 atom stereocenters. The summed E-state index contributed by atoms with van der Waals surface area (Å²) < 4.78 is 0.953. The minimum absolute atomic E-state index is 0.213. The Morgan fingerprint density at radius 2 is 2.14 bits per heavy atom. The third-order valence-corrected chi connectivity index (χ3v) is 4.47. The van der Waals surface area contributed by atoms with Gasteiger partial charge in [-0.3, -0.25) is 0 Å². The first-order valence-corrected chi connectivity index (χ1v) is 6.01. The minimum Gasteiger partial charge on any atom is -0.330 e. The van der Waals surface area contributed by atoms with Crippen LogP contribution < -0.4 is 5.73 Å². The molecule has 0 unspecified atom stereocenters. The van der Waals surface area contributed by atoms with Gasteiger partial charge in [-0.15, -0.1) is 0 Å². The Balaban J connectivity index is 2.36. The second-order valence-electron chi connectivity index (χ2n) is 3.97. The van der Waals surface area contributed by atoms with Crippen LogP contribution in [0.25, 0.3) is 0 Å². The van der Waals surface area contributed by atoms with E-state index in [1.807, 2.05) is 12.1 Å². The summed E-state index contributed by atoms with van der Waals surface area (Å²) in [7, 11) is 0. The molecule has 2 rings (SSSR count). The van der Waals surface area contributed by atoms with Crippen molar-refractivity contribution in [2.24, 2.45) is 5.73 Å². The number of halogens is 2. The van der Waals surface area contributed by atoms with Crippen LogP contribution in [-0.2, 0) is 5.41 Å². The van der Waals surface area contributed by atoms with Crippen LogP contribution in [0.2, 0.25) is 5.02 Å². The van der Waals surface area contributed by atoms with Crippen LogP contribution in [0.4, 0.5) is 0 Å². The molecule has 1 fully saturated rings. The molecule has 1 aliphatic carbocycles. The van der Waals surface area contributed by atoms with E-state index in [1.54, 1.807) is 0 Å². The minimum atomic E-state index is 0.213. The van der Waals surface area contributed by atoms with Gasteiger partial charge in [-0.05, 0) is 46.5 Å². The summed E-state index contributed by atoms with van der Waals surface area (Å²) in [6.45, 7) is 0.727. The molecule has 14 heavy (non-hydrogen) atoms. The van der Waals surface area contributed by atoms with Crippen molar-refractivity contribution in [2.45, 2.75) is 24.7 Å². The van der Waals surface area contributed by atoms with Gasteiger partial charge in [0.1, 0.15) is 0 Å². The molecule has 0 heterocycles. The average molecular weight is 275 g/mol. The second-order valence-corrected chi connectivity index (χ2v) is 5.23. The fourth-order valence-corrected chi connectivity index (χ4v) is 2.47. The summed E-state index contributed by atoms with van der Waals surface area (Å²) in [6.07, 6.45) is 3.67. The third kappa shape index (κ3) is 1.60. The number of hydrogen-bond acceptors (Lipinski definition) is 1. The molecule has 1 aromatic carbocycles. The summed E-state index contributed by atoms with van der Waals surface area (Å²) in [5.74, 6) is 0. The molecule has 0 radical (unpaired) electrons. The molecule has 3 heteroatoms. The van der Waals surface area contributed by atoms with Crippen molar-refractivity contribution in [1.29, 1.82) is 0 Å². The molecule has 1 nitrogen and oxygen atoms in total. The molecule has 0 aliphatic heterocycles. The highest BCUT2D eigenvalue weighted by Gasteiger charge is 2.37. The number of benzene rings is 1. The van der Waals surface area contributed by atoms with Crippen LogP contribution in [-0.4, -0.2) is 6.54 Å². The van der Waals surface area contributed by atoms with Gasteiger partial charge in [0.05, 0.1) is 5.02 Å². The second kappa shape index (κ2) is 3.84. The zero-order valence-electron chi connectivity index (χ0n) is 7.89. The number of rotatable bonds is 2. The maximum Gasteiger partial charge on any atom is 0.0551 e. The highest BCUT2D eigenvalue weighted by Crippen LogP contribution is 2.44. The van der Waals surface area contributed by atoms with Crippen LogP contribution in [0.5, 0.6) is 0 Å². The Kier molecular flexibility index (Phi) is 2.87. The van der Waals surface area contributed by atoms with E-state index in [9.17, 15) is 0 Å². The van der Waals surface area contributed by atoms with Gasteiger partial charge in [0.25, 0.3) is 0 Å². The molecule has 0 bridgehead atoms. The summed E-state index contributed by atoms with van der Waals surface area (Å²) >= 11 is 9.46. The Hall–Kier alpha value is -0.0500. The third-order valence-electron chi connectivity index (χ3n) is 3.23. The van der Waals surface area contributed by atoms with Crippen LogP contribution in [0.3, 0.4) is 0 Å². The van der Waals surface area contributed by atoms with Crippen molar-refractivity contribution >= 4 is 27.5 Å². The van der Waals surface area contributed by atoms with Crippen molar-refractivity contribution in [1.82, 2.24) is 0 Å². The topological polar surface area (TPSA) is 26.0 Å². The van der Waals surface area contributed by atoms with Gasteiger partial charge in [0.2, 0.25) is 0 Å². The summed E-state index contributed by atoms with van der Waals surface area (Å²) in [4.78, 5) is 0. The molecule has 2 N–H and O–H groups in total. The smallest absolute Gasteiger partial charge is 0.0551 e. The monoisotopic (exact) mass is 273 g/mol. The largest absolute Gasteiger partial charge is 0.330 e. The predicted molar refractivity (Wildman–Crippen MR) is 63.7 cm³/mol. The van der Waals surface area contributed by atoms with E-state index in [2.05, 4.69) is 22.0 Å². The molecule has 0 saturated heterocycles. The first kappa shape index (κ1) is 10.5. The van der Waals surface area contributed by atoms with Gasteiger partial charge in [-0.2, -0.15) is 0 Å². The van der Waals surface area contributed by atoms with Gasteiger partial charge in [0, 0.05) is 16.4 Å². The molecule has 1 aliphatic rings. The quantitative estimate of drug-likeness (QED) is 0.878. The predicted octanol–water partition coefficient (Wildman–Crippen LogP) is 3.48. The summed E-state index contributed by atoms with van der Waals surface area (Å²) in [5.41, 5.74) is 7.34. The lowest BCUT2D eigenvalue weighted by Crippen LogP contribution is -2.41. The maximum atomic E-state index is 6.07. The van der Waals surface area contributed by atoms with Crippen LogP contribution >= 0.6 is 27.5 Å². The van der Waals surface area contributed by atoms with E-state index < -0.39 is 0 Å². The maximum absolute atomic E-state index is 6.07. The SMILES string of the molecule is NCC1(c2ccc(Br)c(Cl)c2)CCC1. The van der Waals surface area contributed by atoms with Crippen LogP contribution in [0.15, 0.2) is 22.7 Å². The molecule has 1 saturated carbocycles. The molecular weight excluding hydrogens is 261 g/mol. The molecule has 0 spiro atoms. The number of hydrogen-bond donors (Lipinski definition) is 1. The lowest BCUT2D eigenvalue weighted by Gasteiger charge is -2.41. The molecule has 0 amide bonds. The van der Waals surface area contributed by atoms with Crippen molar-refractivity contribution in [2.75, 3.05) is 6.54 Å². The Morgan fingerprint density at radius 1 is 1.43 bits per heavy atom. The van der Waals surface area contributed by atoms with E-state index in [-0.39, 0.29) is 5.41 Å².